The number of esters is 1. The fourth-order valence-corrected chi connectivity index (χ4v) is 1.72. The summed E-state index contributed by atoms with van der Waals surface area (Å²) < 4.78 is 4.75. The molecule has 2 N–H and O–H groups in total. The number of ketones is 1. The van der Waals surface area contributed by atoms with Crippen LogP contribution in [-0.4, -0.2) is 48.8 Å². The second-order valence-electron chi connectivity index (χ2n) is 4.87. The highest BCUT2D eigenvalue weighted by Gasteiger charge is 2.15. The van der Waals surface area contributed by atoms with Gasteiger partial charge >= 0.3 is 5.97 Å². The predicted octanol–water partition coefficient (Wildman–Crippen LogP) is 0.342. The van der Waals surface area contributed by atoms with Crippen molar-refractivity contribution in [3.05, 3.63) is 0 Å². The largest absolute Gasteiger partial charge is 0.466 e. The molecule has 0 unspecified atom stereocenters. The third-order valence-corrected chi connectivity index (χ3v) is 2.32. The van der Waals surface area contributed by atoms with Crippen LogP contribution >= 0.6 is 0 Å². The Morgan fingerprint density at radius 2 is 1.79 bits per heavy atom. The first-order valence-corrected chi connectivity index (χ1v) is 6.53. The molecule has 110 valence electrons. The molecule has 0 aliphatic rings. The van der Waals surface area contributed by atoms with Crippen LogP contribution in [0.5, 0.6) is 0 Å². The van der Waals surface area contributed by atoms with Crippen molar-refractivity contribution < 1.29 is 19.1 Å². The van der Waals surface area contributed by atoms with E-state index in [1.165, 1.54) is 0 Å². The molecule has 0 saturated carbocycles. The molecule has 0 bridgehead atoms. The fraction of sp³-hybridized carbons (Fsp3) is 0.769. The monoisotopic (exact) mass is 272 g/mol. The summed E-state index contributed by atoms with van der Waals surface area (Å²) >= 11 is 0. The van der Waals surface area contributed by atoms with E-state index >= 15 is 0 Å². The standard InChI is InChI=1S/C13H24N2O4/c1-4-19-13(18)6-5-11(16)8-15(7-10(2)3)9-12(14)17/h10H,4-9H2,1-3H3,(H2,14,17). The van der Waals surface area contributed by atoms with Crippen LogP contribution in [0, 0.1) is 5.92 Å². The average Bonchev–Trinajstić information content (AvgIpc) is 2.24. The lowest BCUT2D eigenvalue weighted by atomic mass is 10.1. The van der Waals surface area contributed by atoms with Crippen LogP contribution in [0.2, 0.25) is 0 Å². The zero-order valence-corrected chi connectivity index (χ0v) is 12.0. The molecule has 0 spiro atoms. The summed E-state index contributed by atoms with van der Waals surface area (Å²) in [4.78, 5) is 35.5. The van der Waals surface area contributed by atoms with E-state index in [2.05, 4.69) is 0 Å². The number of ether oxygens (including phenoxy) is 1. The number of hydrogen-bond donors (Lipinski definition) is 1. The summed E-state index contributed by atoms with van der Waals surface area (Å²) in [6.45, 7) is 6.84. The Balaban J connectivity index is 4.15. The summed E-state index contributed by atoms with van der Waals surface area (Å²) in [6, 6.07) is 0. The molecule has 0 aliphatic carbocycles. The van der Waals surface area contributed by atoms with E-state index in [1.807, 2.05) is 13.8 Å². The van der Waals surface area contributed by atoms with Crippen LogP contribution in [-0.2, 0) is 19.1 Å². The van der Waals surface area contributed by atoms with E-state index in [4.69, 9.17) is 10.5 Å². The van der Waals surface area contributed by atoms with Crippen molar-refractivity contribution in [2.45, 2.75) is 33.6 Å². The number of Topliss-reactive ketones (excluding diaryl/α,β-unsaturated/α-hetero) is 1. The molecule has 0 heterocycles. The number of rotatable bonds is 10. The number of amides is 1. The smallest absolute Gasteiger partial charge is 0.306 e. The minimum absolute atomic E-state index is 0.0589. The highest BCUT2D eigenvalue weighted by molar-refractivity contribution is 5.85. The summed E-state index contributed by atoms with van der Waals surface area (Å²) in [5.74, 6) is -0.591. The van der Waals surface area contributed by atoms with Gasteiger partial charge in [0.25, 0.3) is 0 Å². The van der Waals surface area contributed by atoms with Crippen molar-refractivity contribution in [3.8, 4) is 0 Å². The maximum Gasteiger partial charge on any atom is 0.306 e. The van der Waals surface area contributed by atoms with Gasteiger partial charge in [0.05, 0.1) is 26.1 Å². The molecule has 6 nitrogen and oxygen atoms in total. The van der Waals surface area contributed by atoms with Gasteiger partial charge in [-0.25, -0.2) is 0 Å². The molecule has 0 atom stereocenters. The van der Waals surface area contributed by atoms with Gasteiger partial charge in [0.2, 0.25) is 5.91 Å². The zero-order valence-electron chi connectivity index (χ0n) is 12.0. The third kappa shape index (κ3) is 10.2. The molecule has 0 fully saturated rings. The van der Waals surface area contributed by atoms with Gasteiger partial charge in [-0.1, -0.05) is 13.8 Å². The summed E-state index contributed by atoms with van der Waals surface area (Å²) in [6.07, 6.45) is 0.213. The minimum Gasteiger partial charge on any atom is -0.466 e. The van der Waals surface area contributed by atoms with E-state index in [1.54, 1.807) is 11.8 Å². The number of nitrogens with zero attached hydrogens (tertiary/aromatic N) is 1. The molecule has 0 aliphatic heterocycles. The molecule has 0 rings (SSSR count). The Kier molecular flexibility index (Phi) is 8.78. The lowest BCUT2D eigenvalue weighted by Gasteiger charge is -2.21. The summed E-state index contributed by atoms with van der Waals surface area (Å²) in [7, 11) is 0. The predicted molar refractivity (Wildman–Crippen MR) is 71.3 cm³/mol. The van der Waals surface area contributed by atoms with Gasteiger partial charge in [-0.15, -0.1) is 0 Å². The molecule has 19 heavy (non-hydrogen) atoms. The van der Waals surface area contributed by atoms with E-state index < -0.39 is 5.91 Å². The van der Waals surface area contributed by atoms with Gasteiger partial charge in [0, 0.05) is 13.0 Å². The topological polar surface area (TPSA) is 89.7 Å². The van der Waals surface area contributed by atoms with E-state index in [0.717, 1.165) is 0 Å². The first kappa shape index (κ1) is 17.6. The Hall–Kier alpha value is -1.43. The molecule has 0 saturated heterocycles. The van der Waals surface area contributed by atoms with Crippen LogP contribution in [0.1, 0.15) is 33.6 Å². The Morgan fingerprint density at radius 1 is 1.16 bits per heavy atom. The molecule has 1 amide bonds. The Labute approximate surface area is 114 Å². The van der Waals surface area contributed by atoms with Crippen LogP contribution in [0.25, 0.3) is 0 Å². The zero-order chi connectivity index (χ0) is 14.8. The van der Waals surface area contributed by atoms with Crippen molar-refractivity contribution in [1.29, 1.82) is 0 Å². The second-order valence-corrected chi connectivity index (χ2v) is 4.87. The maximum absolute atomic E-state index is 11.7. The van der Waals surface area contributed by atoms with Crippen molar-refractivity contribution in [2.24, 2.45) is 11.7 Å². The van der Waals surface area contributed by atoms with Crippen LogP contribution in [0.3, 0.4) is 0 Å². The van der Waals surface area contributed by atoms with Gasteiger partial charge < -0.3 is 10.5 Å². The molecule has 0 aromatic heterocycles. The van der Waals surface area contributed by atoms with E-state index in [-0.39, 0.29) is 37.7 Å². The second kappa shape index (κ2) is 9.49. The summed E-state index contributed by atoms with van der Waals surface area (Å²) in [5, 5.41) is 0. The van der Waals surface area contributed by atoms with Crippen molar-refractivity contribution >= 4 is 17.7 Å². The lowest BCUT2D eigenvalue weighted by Crippen LogP contribution is -2.39. The molecule has 0 radical (unpaired) electrons. The van der Waals surface area contributed by atoms with Crippen LogP contribution in [0.4, 0.5) is 0 Å². The van der Waals surface area contributed by atoms with Crippen molar-refractivity contribution in [1.82, 2.24) is 4.90 Å². The Morgan fingerprint density at radius 3 is 2.26 bits per heavy atom. The van der Waals surface area contributed by atoms with Crippen molar-refractivity contribution in [3.63, 3.8) is 0 Å². The molecular weight excluding hydrogens is 248 g/mol. The van der Waals surface area contributed by atoms with Crippen molar-refractivity contribution in [2.75, 3.05) is 26.2 Å². The van der Waals surface area contributed by atoms with Gasteiger partial charge in [0.15, 0.2) is 0 Å². The number of nitrogens with two attached hydrogens (primary N) is 1. The molecular formula is C13H24N2O4. The Bertz CT molecular complexity index is 316. The van der Waals surface area contributed by atoms with Gasteiger partial charge in [0.1, 0.15) is 5.78 Å². The summed E-state index contributed by atoms with van der Waals surface area (Å²) in [5.41, 5.74) is 5.14. The molecule has 0 aromatic rings. The highest BCUT2D eigenvalue weighted by Crippen LogP contribution is 2.01. The first-order valence-electron chi connectivity index (χ1n) is 6.53. The minimum atomic E-state index is -0.459. The van der Waals surface area contributed by atoms with Gasteiger partial charge in [-0.2, -0.15) is 0 Å². The number of carbonyl (C=O) groups is 3. The number of carbonyl (C=O) groups excluding carboxylic acids is 3. The third-order valence-electron chi connectivity index (χ3n) is 2.32. The number of hydrogen-bond acceptors (Lipinski definition) is 5. The first-order chi connectivity index (χ1) is 8.85. The number of primary amides is 1. The molecule has 0 aromatic carbocycles. The van der Waals surface area contributed by atoms with E-state index in [9.17, 15) is 14.4 Å². The van der Waals surface area contributed by atoms with Crippen LogP contribution < -0.4 is 5.73 Å². The quantitative estimate of drug-likeness (QED) is 0.579. The molecule has 6 heteroatoms. The lowest BCUT2D eigenvalue weighted by molar-refractivity contribution is -0.144. The SMILES string of the molecule is CCOC(=O)CCC(=O)CN(CC(N)=O)CC(C)C. The maximum atomic E-state index is 11.7. The van der Waals surface area contributed by atoms with Gasteiger partial charge in [-0.3, -0.25) is 19.3 Å². The van der Waals surface area contributed by atoms with Gasteiger partial charge in [-0.05, 0) is 12.8 Å². The van der Waals surface area contributed by atoms with Crippen LogP contribution in [0.15, 0.2) is 0 Å². The average molecular weight is 272 g/mol. The highest BCUT2D eigenvalue weighted by atomic mass is 16.5. The fourth-order valence-electron chi connectivity index (χ4n) is 1.72. The normalized spacial score (nSPS) is 10.8. The van der Waals surface area contributed by atoms with E-state index in [0.29, 0.717) is 19.1 Å².